The Labute approximate surface area is 113 Å². The fraction of sp³-hybridized carbons (Fsp3) is 0.571. The van der Waals surface area contributed by atoms with E-state index < -0.39 is 0 Å². The van der Waals surface area contributed by atoms with Crippen LogP contribution >= 0.6 is 0 Å². The Kier molecular flexibility index (Phi) is 4.47. The molecular weight excluding hydrogens is 247 g/mol. The minimum Gasteiger partial charge on any atom is -0.495 e. The first-order valence-corrected chi connectivity index (χ1v) is 6.68. The number of anilines is 2. The van der Waals surface area contributed by atoms with Crippen LogP contribution in [0.1, 0.15) is 25.7 Å². The number of hydrogen-bond donors (Lipinski definition) is 2. The molecule has 0 aromatic heterocycles. The van der Waals surface area contributed by atoms with E-state index in [-0.39, 0.29) is 18.5 Å². The van der Waals surface area contributed by atoms with E-state index in [1.807, 2.05) is 4.90 Å². The van der Waals surface area contributed by atoms with E-state index in [1.165, 1.54) is 13.2 Å². The summed E-state index contributed by atoms with van der Waals surface area (Å²) in [6.45, 7) is 0.428. The molecule has 1 aliphatic rings. The molecule has 3 N–H and O–H groups in total. The first-order valence-electron chi connectivity index (χ1n) is 6.68. The van der Waals surface area contributed by atoms with Gasteiger partial charge in [0.15, 0.2) is 0 Å². The molecular formula is C14H21FN2O2. The average molecular weight is 268 g/mol. The maximum absolute atomic E-state index is 14.1. The minimum absolute atomic E-state index is 0.00261. The van der Waals surface area contributed by atoms with E-state index in [1.54, 1.807) is 6.07 Å². The third-order valence-electron chi connectivity index (χ3n) is 3.71. The number of methoxy groups -OCH3 is 1. The fourth-order valence-electron chi connectivity index (χ4n) is 2.78. The largest absolute Gasteiger partial charge is 0.495 e. The van der Waals surface area contributed by atoms with Crippen LogP contribution in [0.5, 0.6) is 5.75 Å². The quantitative estimate of drug-likeness (QED) is 0.803. The van der Waals surface area contributed by atoms with Crippen molar-refractivity contribution in [2.45, 2.75) is 31.7 Å². The van der Waals surface area contributed by atoms with Crippen LogP contribution in [0, 0.1) is 5.82 Å². The fourth-order valence-corrected chi connectivity index (χ4v) is 2.78. The topological polar surface area (TPSA) is 58.7 Å². The molecule has 1 aliphatic carbocycles. The summed E-state index contributed by atoms with van der Waals surface area (Å²) >= 11 is 0. The van der Waals surface area contributed by atoms with Crippen molar-refractivity contribution in [3.63, 3.8) is 0 Å². The van der Waals surface area contributed by atoms with Gasteiger partial charge >= 0.3 is 0 Å². The third-order valence-corrected chi connectivity index (χ3v) is 3.71. The summed E-state index contributed by atoms with van der Waals surface area (Å²) in [5.41, 5.74) is 6.45. The summed E-state index contributed by atoms with van der Waals surface area (Å²) in [7, 11) is 1.51. The van der Waals surface area contributed by atoms with Crippen molar-refractivity contribution in [1.29, 1.82) is 0 Å². The van der Waals surface area contributed by atoms with Gasteiger partial charge in [0.1, 0.15) is 11.6 Å². The summed E-state index contributed by atoms with van der Waals surface area (Å²) in [6.07, 6.45) is 4.37. The van der Waals surface area contributed by atoms with Crippen LogP contribution in [0.25, 0.3) is 0 Å². The highest BCUT2D eigenvalue weighted by Crippen LogP contribution is 2.34. The predicted molar refractivity (Wildman–Crippen MR) is 74.1 cm³/mol. The van der Waals surface area contributed by atoms with Crippen LogP contribution < -0.4 is 15.4 Å². The normalized spacial score (nSPS) is 15.7. The molecule has 0 amide bonds. The number of nitrogens with zero attached hydrogens (tertiary/aromatic N) is 1. The van der Waals surface area contributed by atoms with Crippen molar-refractivity contribution in [1.82, 2.24) is 0 Å². The lowest BCUT2D eigenvalue weighted by Gasteiger charge is -2.31. The molecule has 1 fully saturated rings. The van der Waals surface area contributed by atoms with Crippen molar-refractivity contribution < 1.29 is 14.2 Å². The Morgan fingerprint density at radius 3 is 2.68 bits per heavy atom. The number of hydrogen-bond acceptors (Lipinski definition) is 4. The van der Waals surface area contributed by atoms with Gasteiger partial charge in [-0.1, -0.05) is 12.8 Å². The van der Waals surface area contributed by atoms with Gasteiger partial charge < -0.3 is 20.5 Å². The van der Waals surface area contributed by atoms with Gasteiger partial charge in [0.25, 0.3) is 0 Å². The van der Waals surface area contributed by atoms with Gasteiger partial charge in [-0.3, -0.25) is 0 Å². The van der Waals surface area contributed by atoms with E-state index in [4.69, 9.17) is 10.5 Å². The second-order valence-corrected chi connectivity index (χ2v) is 4.90. The van der Waals surface area contributed by atoms with Crippen LogP contribution in [0.15, 0.2) is 12.1 Å². The molecule has 0 unspecified atom stereocenters. The molecule has 0 radical (unpaired) electrons. The molecule has 0 bridgehead atoms. The standard InChI is InChI=1S/C14H21FN2O2/c1-19-14-9-13(11(15)8-12(14)16)17(6-7-18)10-4-2-3-5-10/h8-10,18H,2-7,16H2,1H3. The van der Waals surface area contributed by atoms with Gasteiger partial charge in [-0.2, -0.15) is 0 Å². The van der Waals surface area contributed by atoms with E-state index in [0.29, 0.717) is 23.7 Å². The number of aliphatic hydroxyl groups excluding tert-OH is 1. The lowest BCUT2D eigenvalue weighted by Crippen LogP contribution is -2.36. The molecule has 4 nitrogen and oxygen atoms in total. The molecule has 0 heterocycles. The Balaban J connectivity index is 2.34. The van der Waals surface area contributed by atoms with E-state index in [2.05, 4.69) is 0 Å². The number of ether oxygens (including phenoxy) is 1. The Hall–Kier alpha value is -1.49. The van der Waals surface area contributed by atoms with Crippen molar-refractivity contribution in [2.24, 2.45) is 0 Å². The van der Waals surface area contributed by atoms with Crippen molar-refractivity contribution in [3.05, 3.63) is 17.9 Å². The van der Waals surface area contributed by atoms with Crippen LogP contribution in [-0.2, 0) is 0 Å². The molecule has 0 spiro atoms. The SMILES string of the molecule is COc1cc(N(CCO)C2CCCC2)c(F)cc1N. The smallest absolute Gasteiger partial charge is 0.148 e. The van der Waals surface area contributed by atoms with Crippen molar-refractivity contribution in [3.8, 4) is 5.75 Å². The third kappa shape index (κ3) is 2.92. The van der Waals surface area contributed by atoms with Crippen molar-refractivity contribution in [2.75, 3.05) is 30.9 Å². The molecule has 1 aromatic rings. The second-order valence-electron chi connectivity index (χ2n) is 4.90. The zero-order valence-corrected chi connectivity index (χ0v) is 11.2. The first-order chi connectivity index (χ1) is 9.17. The van der Waals surface area contributed by atoms with Gasteiger partial charge in [0.05, 0.1) is 25.1 Å². The highest BCUT2D eigenvalue weighted by Gasteiger charge is 2.25. The molecule has 0 saturated heterocycles. The maximum Gasteiger partial charge on any atom is 0.148 e. The molecule has 0 aliphatic heterocycles. The molecule has 0 atom stereocenters. The van der Waals surface area contributed by atoms with Gasteiger partial charge in [-0.25, -0.2) is 4.39 Å². The van der Waals surface area contributed by atoms with Gasteiger partial charge in [-0.15, -0.1) is 0 Å². The summed E-state index contributed by atoms with van der Waals surface area (Å²) in [5, 5.41) is 9.21. The number of aliphatic hydroxyl groups is 1. The van der Waals surface area contributed by atoms with Crippen molar-refractivity contribution >= 4 is 11.4 Å². The second kappa shape index (κ2) is 6.10. The molecule has 19 heavy (non-hydrogen) atoms. The van der Waals surface area contributed by atoms with Crippen LogP contribution in [0.2, 0.25) is 0 Å². The Bertz CT molecular complexity index is 434. The average Bonchev–Trinajstić information content (AvgIpc) is 2.90. The lowest BCUT2D eigenvalue weighted by atomic mass is 10.1. The summed E-state index contributed by atoms with van der Waals surface area (Å²) in [6, 6.07) is 3.20. The molecule has 106 valence electrons. The van der Waals surface area contributed by atoms with E-state index in [0.717, 1.165) is 25.7 Å². The number of nitrogens with two attached hydrogens (primary N) is 1. The van der Waals surface area contributed by atoms with E-state index >= 15 is 0 Å². The Morgan fingerprint density at radius 2 is 2.11 bits per heavy atom. The predicted octanol–water partition coefficient (Wildman–Crippen LogP) is 2.16. The summed E-state index contributed by atoms with van der Waals surface area (Å²) in [4.78, 5) is 1.93. The monoisotopic (exact) mass is 268 g/mol. The zero-order chi connectivity index (χ0) is 13.8. The van der Waals surface area contributed by atoms with E-state index in [9.17, 15) is 9.50 Å². The van der Waals surface area contributed by atoms with Crippen LogP contribution in [-0.4, -0.2) is 31.4 Å². The summed E-state index contributed by atoms with van der Waals surface area (Å²) in [5.74, 6) is 0.107. The molecule has 2 rings (SSSR count). The number of nitrogen functional groups attached to an aromatic ring is 1. The zero-order valence-electron chi connectivity index (χ0n) is 11.2. The minimum atomic E-state index is -0.362. The highest BCUT2D eigenvalue weighted by molar-refractivity contribution is 5.63. The molecule has 1 saturated carbocycles. The molecule has 1 aromatic carbocycles. The Morgan fingerprint density at radius 1 is 1.42 bits per heavy atom. The van der Waals surface area contributed by atoms with Gasteiger partial charge in [-0.05, 0) is 12.8 Å². The number of halogens is 1. The maximum atomic E-state index is 14.1. The van der Waals surface area contributed by atoms with Gasteiger partial charge in [0, 0.05) is 24.7 Å². The van der Waals surface area contributed by atoms with Crippen LogP contribution in [0.3, 0.4) is 0 Å². The number of rotatable bonds is 5. The summed E-state index contributed by atoms with van der Waals surface area (Å²) < 4.78 is 19.3. The van der Waals surface area contributed by atoms with Gasteiger partial charge in [0.2, 0.25) is 0 Å². The molecule has 5 heteroatoms. The first kappa shape index (κ1) is 13.9. The highest BCUT2D eigenvalue weighted by atomic mass is 19.1. The van der Waals surface area contributed by atoms with Crippen LogP contribution in [0.4, 0.5) is 15.8 Å². The lowest BCUT2D eigenvalue weighted by molar-refractivity contribution is 0.296. The number of benzene rings is 1.